The van der Waals surface area contributed by atoms with Crippen LogP contribution in [0, 0.1) is 5.92 Å². The van der Waals surface area contributed by atoms with E-state index in [2.05, 4.69) is 15.6 Å². The molecule has 8 N–H and O–H groups in total. The first-order valence-corrected chi connectivity index (χ1v) is 8.16. The molecule has 0 aromatic heterocycles. The van der Waals surface area contributed by atoms with Crippen molar-refractivity contribution in [2.45, 2.75) is 51.7 Å². The first-order valence-electron chi connectivity index (χ1n) is 8.16. The predicted octanol–water partition coefficient (Wildman–Crippen LogP) is -1.48. The Hall–Kier alpha value is -2.36. The molecule has 10 heteroatoms. The minimum absolute atomic E-state index is 0.0173. The zero-order valence-electron chi connectivity index (χ0n) is 14.7. The molecule has 10 nitrogen and oxygen atoms in total. The Morgan fingerprint density at radius 3 is 2.28 bits per heavy atom. The Morgan fingerprint density at radius 1 is 1.12 bits per heavy atom. The van der Waals surface area contributed by atoms with Crippen molar-refractivity contribution in [1.29, 1.82) is 0 Å². The summed E-state index contributed by atoms with van der Waals surface area (Å²) in [6, 6.07) is -0.839. The minimum atomic E-state index is -1.69. The maximum atomic E-state index is 12.2. The lowest BCUT2D eigenvalue weighted by molar-refractivity contribution is -0.144. The van der Waals surface area contributed by atoms with Crippen molar-refractivity contribution in [2.24, 2.45) is 22.4 Å². The van der Waals surface area contributed by atoms with Gasteiger partial charge in [0, 0.05) is 13.1 Å². The van der Waals surface area contributed by atoms with Gasteiger partial charge in [-0.2, -0.15) is 0 Å². The highest BCUT2D eigenvalue weighted by atomic mass is 16.4. The van der Waals surface area contributed by atoms with Gasteiger partial charge in [-0.3, -0.25) is 19.4 Å². The molecule has 0 radical (unpaired) electrons. The molecule has 0 bridgehead atoms. The number of amides is 2. The van der Waals surface area contributed by atoms with Gasteiger partial charge < -0.3 is 32.3 Å². The van der Waals surface area contributed by atoms with Crippen LogP contribution >= 0.6 is 0 Å². The lowest BCUT2D eigenvalue weighted by atomic mass is 10.0. The fourth-order valence-corrected chi connectivity index (χ4v) is 2.01. The van der Waals surface area contributed by atoms with Crippen LogP contribution in [0.4, 0.5) is 0 Å². The number of hydrogen-bond donors (Lipinski definition) is 6. The van der Waals surface area contributed by atoms with E-state index in [1.807, 2.05) is 13.8 Å². The molecular weight excluding hydrogens is 330 g/mol. The number of aliphatic carboxylic acids is 1. The molecule has 25 heavy (non-hydrogen) atoms. The summed E-state index contributed by atoms with van der Waals surface area (Å²) in [5.41, 5.74) is 10.4. The highest BCUT2D eigenvalue weighted by Crippen LogP contribution is 2.06. The Bertz CT molecular complexity index is 477. The number of unbranched alkanes of at least 4 members (excludes halogenated alkanes) is 1. The molecule has 2 atom stereocenters. The van der Waals surface area contributed by atoms with Crippen LogP contribution in [0.1, 0.15) is 39.5 Å². The molecule has 0 saturated heterocycles. The summed E-state index contributed by atoms with van der Waals surface area (Å²) >= 11 is 0. The van der Waals surface area contributed by atoms with Crippen molar-refractivity contribution in [2.75, 3.05) is 13.1 Å². The molecule has 0 aromatic rings. The molecule has 0 aliphatic heterocycles. The van der Waals surface area contributed by atoms with Crippen LogP contribution in [0.5, 0.6) is 0 Å². The first kappa shape index (κ1) is 22.6. The Labute approximate surface area is 147 Å². The van der Waals surface area contributed by atoms with Gasteiger partial charge in [-0.1, -0.05) is 13.8 Å². The van der Waals surface area contributed by atoms with Crippen molar-refractivity contribution in [3.05, 3.63) is 0 Å². The van der Waals surface area contributed by atoms with Crippen LogP contribution in [-0.2, 0) is 14.4 Å². The van der Waals surface area contributed by atoms with Gasteiger partial charge in [0.25, 0.3) is 0 Å². The third-order valence-electron chi connectivity index (χ3n) is 3.19. The highest BCUT2D eigenvalue weighted by Gasteiger charge is 2.26. The average molecular weight is 359 g/mol. The molecule has 2 amide bonds. The number of carbonyl (C=O) groups is 3. The summed E-state index contributed by atoms with van der Waals surface area (Å²) < 4.78 is 0. The van der Waals surface area contributed by atoms with Gasteiger partial charge >= 0.3 is 5.97 Å². The lowest BCUT2D eigenvalue weighted by Gasteiger charge is -2.21. The number of aliphatic hydroxyl groups excluding tert-OH is 1. The number of carboxylic acid groups (broad SMARTS) is 1. The van der Waals surface area contributed by atoms with Gasteiger partial charge in [0.1, 0.15) is 12.1 Å². The van der Waals surface area contributed by atoms with Gasteiger partial charge in [0.15, 0.2) is 5.96 Å². The fraction of sp³-hybridized carbons (Fsp3) is 0.733. The first-order chi connectivity index (χ1) is 11.6. The highest BCUT2D eigenvalue weighted by molar-refractivity contribution is 5.90. The number of nitrogens with one attached hydrogen (secondary N) is 2. The van der Waals surface area contributed by atoms with E-state index < -0.39 is 30.4 Å². The molecule has 0 aliphatic rings. The van der Waals surface area contributed by atoms with Crippen molar-refractivity contribution in [3.8, 4) is 0 Å². The monoisotopic (exact) mass is 359 g/mol. The van der Waals surface area contributed by atoms with E-state index in [-0.39, 0.29) is 17.8 Å². The number of aliphatic imine (C=N–C) groups is 1. The second kappa shape index (κ2) is 12.1. The molecule has 0 aliphatic carbocycles. The van der Waals surface area contributed by atoms with Crippen molar-refractivity contribution < 1.29 is 24.6 Å². The van der Waals surface area contributed by atoms with Crippen molar-refractivity contribution >= 4 is 23.7 Å². The SMILES string of the molecule is CC(C)C[C@H](NC(=O)C(O)CC(=O)O)C(=O)NCCCCN=C(N)N. The van der Waals surface area contributed by atoms with E-state index in [0.29, 0.717) is 32.4 Å². The van der Waals surface area contributed by atoms with E-state index in [4.69, 9.17) is 16.6 Å². The van der Waals surface area contributed by atoms with Crippen LogP contribution in [0.2, 0.25) is 0 Å². The smallest absolute Gasteiger partial charge is 0.306 e. The number of aliphatic hydroxyl groups is 1. The Kier molecular flexibility index (Phi) is 10.9. The predicted molar refractivity (Wildman–Crippen MR) is 92.6 cm³/mol. The average Bonchev–Trinajstić information content (AvgIpc) is 2.48. The molecule has 0 saturated carbocycles. The second-order valence-electron chi connectivity index (χ2n) is 6.11. The zero-order valence-corrected chi connectivity index (χ0v) is 14.7. The maximum Gasteiger partial charge on any atom is 0.306 e. The fourth-order valence-electron chi connectivity index (χ4n) is 2.01. The summed E-state index contributed by atoms with van der Waals surface area (Å²) in [5, 5.41) is 23.2. The van der Waals surface area contributed by atoms with Crippen molar-refractivity contribution in [3.63, 3.8) is 0 Å². The summed E-state index contributed by atoms with van der Waals surface area (Å²) in [6.45, 7) is 4.62. The standard InChI is InChI=1S/C15H29N5O5/c1-9(2)7-10(20-14(25)11(21)8-12(22)23)13(24)18-5-3-4-6-19-15(16)17/h9-11,21H,3-8H2,1-2H3,(H,18,24)(H,20,25)(H,22,23)(H4,16,17,19)/t10-,11?/m0/s1. The number of carbonyl (C=O) groups excluding carboxylic acids is 2. The summed E-state index contributed by atoms with van der Waals surface area (Å²) in [6.07, 6.45) is -0.694. The second-order valence-corrected chi connectivity index (χ2v) is 6.11. The third-order valence-corrected chi connectivity index (χ3v) is 3.19. The van der Waals surface area contributed by atoms with Gasteiger partial charge in [-0.15, -0.1) is 0 Å². The third kappa shape index (κ3) is 11.8. The number of hydrogen-bond acceptors (Lipinski definition) is 5. The van der Waals surface area contributed by atoms with Gasteiger partial charge in [0.05, 0.1) is 6.42 Å². The molecule has 144 valence electrons. The lowest BCUT2D eigenvalue weighted by Crippen LogP contribution is -2.50. The number of carboxylic acids is 1. The van der Waals surface area contributed by atoms with Gasteiger partial charge in [-0.05, 0) is 25.2 Å². The molecular formula is C15H29N5O5. The largest absolute Gasteiger partial charge is 0.481 e. The van der Waals surface area contributed by atoms with E-state index in [1.165, 1.54) is 0 Å². The van der Waals surface area contributed by atoms with Gasteiger partial charge in [-0.25, -0.2) is 0 Å². The van der Waals surface area contributed by atoms with E-state index in [0.717, 1.165) is 0 Å². The topological polar surface area (TPSA) is 180 Å². The summed E-state index contributed by atoms with van der Waals surface area (Å²) in [4.78, 5) is 38.4. The number of rotatable bonds is 12. The summed E-state index contributed by atoms with van der Waals surface area (Å²) in [5.74, 6) is -2.42. The zero-order chi connectivity index (χ0) is 19.4. The summed E-state index contributed by atoms with van der Waals surface area (Å²) in [7, 11) is 0. The number of nitrogens with zero attached hydrogens (tertiary/aromatic N) is 1. The maximum absolute atomic E-state index is 12.2. The molecule has 0 rings (SSSR count). The van der Waals surface area contributed by atoms with E-state index in [9.17, 15) is 19.5 Å². The van der Waals surface area contributed by atoms with E-state index >= 15 is 0 Å². The Morgan fingerprint density at radius 2 is 1.76 bits per heavy atom. The molecule has 0 heterocycles. The minimum Gasteiger partial charge on any atom is -0.481 e. The molecule has 0 fully saturated rings. The van der Waals surface area contributed by atoms with Crippen molar-refractivity contribution in [1.82, 2.24) is 10.6 Å². The van der Waals surface area contributed by atoms with Crippen LogP contribution in [0.3, 0.4) is 0 Å². The molecule has 0 aromatic carbocycles. The van der Waals surface area contributed by atoms with E-state index in [1.54, 1.807) is 0 Å². The number of nitrogens with two attached hydrogens (primary N) is 2. The quantitative estimate of drug-likeness (QED) is 0.140. The normalized spacial score (nSPS) is 13.0. The Balaban J connectivity index is 4.44. The number of guanidine groups is 1. The van der Waals surface area contributed by atoms with Crippen LogP contribution < -0.4 is 22.1 Å². The van der Waals surface area contributed by atoms with Gasteiger partial charge in [0.2, 0.25) is 11.8 Å². The molecule has 0 spiro atoms. The molecule has 1 unspecified atom stereocenters. The van der Waals surface area contributed by atoms with Crippen LogP contribution in [0.25, 0.3) is 0 Å². The van der Waals surface area contributed by atoms with Crippen LogP contribution in [-0.4, -0.2) is 59.2 Å². The van der Waals surface area contributed by atoms with Crippen LogP contribution in [0.15, 0.2) is 4.99 Å².